The van der Waals surface area contributed by atoms with E-state index in [4.69, 9.17) is 11.6 Å². The molecule has 0 bridgehead atoms. The number of hydrogen-bond donors (Lipinski definition) is 1. The van der Waals surface area contributed by atoms with Crippen LogP contribution in [0, 0.1) is 6.92 Å². The Kier molecular flexibility index (Phi) is 5.90. The van der Waals surface area contributed by atoms with Crippen LogP contribution in [-0.2, 0) is 10.3 Å². The zero-order chi connectivity index (χ0) is 20.3. The summed E-state index contributed by atoms with van der Waals surface area (Å²) in [5, 5.41) is 5.50. The molecule has 1 N–H and O–H groups in total. The number of pyridine rings is 1. The molecule has 0 atom stereocenters. The van der Waals surface area contributed by atoms with Crippen LogP contribution in [0.4, 0.5) is 5.69 Å². The van der Waals surface area contributed by atoms with Gasteiger partial charge in [0, 0.05) is 42.3 Å². The third-order valence-corrected chi connectivity index (χ3v) is 5.55. The highest BCUT2D eigenvalue weighted by Gasteiger charge is 2.46. The summed E-state index contributed by atoms with van der Waals surface area (Å²) in [6.45, 7) is 8.86. The third kappa shape index (κ3) is 3.69. The van der Waals surface area contributed by atoms with Crippen molar-refractivity contribution in [2.45, 2.75) is 33.2 Å². The molecule has 5 heteroatoms. The van der Waals surface area contributed by atoms with E-state index in [0.717, 1.165) is 32.7 Å². The van der Waals surface area contributed by atoms with Crippen molar-refractivity contribution >= 4 is 34.1 Å². The molecule has 1 saturated heterocycles. The third-order valence-electron chi connectivity index (χ3n) is 5.14. The number of hydrogen-bond acceptors (Lipinski definition) is 3. The van der Waals surface area contributed by atoms with Gasteiger partial charge in [0.05, 0.1) is 11.1 Å². The summed E-state index contributed by atoms with van der Waals surface area (Å²) < 4.78 is 0. The Bertz CT molecular complexity index is 996. The molecule has 28 heavy (non-hydrogen) atoms. The molecule has 0 saturated carbocycles. The van der Waals surface area contributed by atoms with Crippen molar-refractivity contribution in [1.29, 1.82) is 0 Å². The highest BCUT2D eigenvalue weighted by molar-refractivity contribution is 6.31. The number of fused-ring (bicyclic) bond motifs is 1. The van der Waals surface area contributed by atoms with Crippen molar-refractivity contribution in [3.05, 3.63) is 70.9 Å². The van der Waals surface area contributed by atoms with E-state index in [1.54, 1.807) is 13.1 Å². The lowest BCUT2D eigenvalue weighted by Crippen LogP contribution is -2.64. The molecule has 146 valence electrons. The second kappa shape index (κ2) is 8.19. The van der Waals surface area contributed by atoms with Gasteiger partial charge in [0.15, 0.2) is 0 Å². The number of carbonyl (C=O) groups is 1. The Morgan fingerprint density at radius 2 is 1.89 bits per heavy atom. The summed E-state index contributed by atoms with van der Waals surface area (Å²) >= 11 is 6.36. The molecule has 2 aromatic carbocycles. The van der Waals surface area contributed by atoms with Crippen LogP contribution in [0.5, 0.6) is 0 Å². The Balaban J connectivity index is 0.00000109. The van der Waals surface area contributed by atoms with Gasteiger partial charge in [-0.1, -0.05) is 49.7 Å². The molecule has 4 rings (SSSR count). The fourth-order valence-corrected chi connectivity index (χ4v) is 3.87. The normalized spacial score (nSPS) is 14.7. The van der Waals surface area contributed by atoms with Crippen LogP contribution in [0.2, 0.25) is 5.02 Å². The van der Waals surface area contributed by atoms with Gasteiger partial charge in [0.2, 0.25) is 5.91 Å². The molecule has 4 nitrogen and oxygen atoms in total. The van der Waals surface area contributed by atoms with E-state index in [1.807, 2.05) is 56.0 Å². The number of benzene rings is 2. The number of likely N-dealkylation sites (tertiary alicyclic amines) is 1. The summed E-state index contributed by atoms with van der Waals surface area (Å²) in [7, 11) is 0. The molecule has 0 radical (unpaired) electrons. The summed E-state index contributed by atoms with van der Waals surface area (Å²) in [4.78, 5) is 18.1. The van der Waals surface area contributed by atoms with Crippen molar-refractivity contribution in [3.63, 3.8) is 0 Å². The summed E-state index contributed by atoms with van der Waals surface area (Å²) in [5.41, 5.74) is 3.76. The summed E-state index contributed by atoms with van der Waals surface area (Å²) in [6, 6.07) is 16.1. The van der Waals surface area contributed by atoms with Crippen LogP contribution >= 0.6 is 11.6 Å². The lowest BCUT2D eigenvalue weighted by atomic mass is 9.79. The minimum atomic E-state index is -0.344. The number of nitrogens with one attached hydrogen (secondary N) is 1. The predicted molar refractivity (Wildman–Crippen MR) is 117 cm³/mol. The predicted octanol–water partition coefficient (Wildman–Crippen LogP) is 5.39. The van der Waals surface area contributed by atoms with E-state index < -0.39 is 0 Å². The highest BCUT2D eigenvalue weighted by Crippen LogP contribution is 2.39. The number of nitrogens with zero attached hydrogens (tertiary/aromatic N) is 2. The number of rotatable bonds is 3. The standard InChI is InChI=1S/C21H20ClN3O.C2H6/c1-14-18(6-3-7-19(14)22)21(12-25(13-21)15(2)26)24-17-9-8-16-5-4-10-23-20(16)11-17;1-2/h3-11,24H,12-13H2,1-2H3;1-2H3. The van der Waals surface area contributed by atoms with Gasteiger partial charge in [0.1, 0.15) is 0 Å². The van der Waals surface area contributed by atoms with Gasteiger partial charge in [-0.3, -0.25) is 9.78 Å². The fraction of sp³-hybridized carbons (Fsp3) is 0.304. The second-order valence-corrected chi connectivity index (χ2v) is 7.31. The topological polar surface area (TPSA) is 45.2 Å². The van der Waals surface area contributed by atoms with Crippen molar-refractivity contribution in [2.24, 2.45) is 0 Å². The van der Waals surface area contributed by atoms with Crippen molar-refractivity contribution in [1.82, 2.24) is 9.88 Å². The number of aromatic nitrogens is 1. The minimum Gasteiger partial charge on any atom is -0.372 e. The second-order valence-electron chi connectivity index (χ2n) is 6.91. The van der Waals surface area contributed by atoms with Gasteiger partial charge in [-0.25, -0.2) is 0 Å². The van der Waals surface area contributed by atoms with E-state index in [0.29, 0.717) is 13.1 Å². The SMILES string of the molecule is CC.CC(=O)N1CC(Nc2ccc3cccnc3c2)(c2cccc(Cl)c2C)C1. The van der Waals surface area contributed by atoms with Gasteiger partial charge < -0.3 is 10.2 Å². The lowest BCUT2D eigenvalue weighted by molar-refractivity contribution is -0.135. The Morgan fingerprint density at radius 1 is 1.14 bits per heavy atom. The summed E-state index contributed by atoms with van der Waals surface area (Å²) in [5.74, 6) is 0.0854. The number of halogens is 1. The first-order valence-electron chi connectivity index (χ1n) is 9.63. The molecule has 0 aliphatic carbocycles. The smallest absolute Gasteiger partial charge is 0.219 e. The van der Waals surface area contributed by atoms with E-state index in [2.05, 4.69) is 28.5 Å². The first-order valence-corrected chi connectivity index (χ1v) is 10.0. The van der Waals surface area contributed by atoms with E-state index >= 15 is 0 Å². The van der Waals surface area contributed by atoms with Gasteiger partial charge in [-0.05, 0) is 42.3 Å². The van der Waals surface area contributed by atoms with E-state index in [1.165, 1.54) is 0 Å². The molecule has 2 heterocycles. The van der Waals surface area contributed by atoms with Gasteiger partial charge >= 0.3 is 0 Å². The number of anilines is 1. The van der Waals surface area contributed by atoms with Crippen LogP contribution in [0.1, 0.15) is 31.9 Å². The highest BCUT2D eigenvalue weighted by atomic mass is 35.5. The Morgan fingerprint density at radius 3 is 2.61 bits per heavy atom. The maximum Gasteiger partial charge on any atom is 0.219 e. The van der Waals surface area contributed by atoms with Gasteiger partial charge in [-0.2, -0.15) is 0 Å². The molecular formula is C23H26ClN3O. The van der Waals surface area contributed by atoms with Crippen LogP contribution in [0.3, 0.4) is 0 Å². The van der Waals surface area contributed by atoms with Crippen molar-refractivity contribution in [3.8, 4) is 0 Å². The maximum absolute atomic E-state index is 11.8. The molecule has 3 aromatic rings. The van der Waals surface area contributed by atoms with Crippen LogP contribution in [0.15, 0.2) is 54.7 Å². The quantitative estimate of drug-likeness (QED) is 0.646. The molecule has 0 unspecified atom stereocenters. The van der Waals surface area contributed by atoms with Gasteiger partial charge in [0.25, 0.3) is 0 Å². The first kappa shape index (κ1) is 20.2. The average molecular weight is 396 g/mol. The van der Waals surface area contributed by atoms with Crippen LogP contribution in [-0.4, -0.2) is 28.9 Å². The zero-order valence-corrected chi connectivity index (χ0v) is 17.5. The Labute approximate surface area is 171 Å². The Hall–Kier alpha value is -2.59. The molecule has 1 aliphatic heterocycles. The van der Waals surface area contributed by atoms with Crippen molar-refractivity contribution < 1.29 is 4.79 Å². The summed E-state index contributed by atoms with van der Waals surface area (Å²) in [6.07, 6.45) is 1.80. The minimum absolute atomic E-state index is 0.0854. The maximum atomic E-state index is 11.8. The van der Waals surface area contributed by atoms with E-state index in [9.17, 15) is 4.79 Å². The van der Waals surface area contributed by atoms with E-state index in [-0.39, 0.29) is 11.4 Å². The lowest BCUT2D eigenvalue weighted by Gasteiger charge is -2.51. The number of carbonyl (C=O) groups excluding carboxylic acids is 1. The van der Waals surface area contributed by atoms with Crippen molar-refractivity contribution in [2.75, 3.05) is 18.4 Å². The monoisotopic (exact) mass is 395 g/mol. The number of amides is 1. The molecule has 1 aromatic heterocycles. The molecular weight excluding hydrogens is 370 g/mol. The zero-order valence-electron chi connectivity index (χ0n) is 16.8. The molecule has 1 fully saturated rings. The fourth-order valence-electron chi connectivity index (χ4n) is 3.69. The molecule has 1 aliphatic rings. The first-order chi connectivity index (χ1) is 13.5. The molecule has 1 amide bonds. The van der Waals surface area contributed by atoms with Crippen LogP contribution < -0.4 is 5.32 Å². The molecule has 0 spiro atoms. The average Bonchev–Trinajstić information content (AvgIpc) is 2.68. The largest absolute Gasteiger partial charge is 0.372 e. The van der Waals surface area contributed by atoms with Gasteiger partial charge in [-0.15, -0.1) is 0 Å². The van der Waals surface area contributed by atoms with Crippen LogP contribution in [0.25, 0.3) is 10.9 Å².